The Balaban J connectivity index is 2.62. The molecule has 2 aromatic carbocycles. The number of halogens is 3. The van der Waals surface area contributed by atoms with E-state index in [-0.39, 0.29) is 0 Å². The van der Waals surface area contributed by atoms with Crippen LogP contribution in [-0.4, -0.2) is 0 Å². The van der Waals surface area contributed by atoms with Crippen molar-refractivity contribution in [1.29, 1.82) is 0 Å². The molecule has 0 saturated heterocycles. The van der Waals surface area contributed by atoms with E-state index in [1.807, 2.05) is 24.3 Å². The van der Waals surface area contributed by atoms with Crippen LogP contribution in [0.5, 0.6) is 0 Å². The standard InChI is InChI=1S/C12H5Br3O/c13-7-5-9-10(12(15)11(7)14)6-3-1-2-4-8(6)16-9/h1-5H. The van der Waals surface area contributed by atoms with Crippen LogP contribution in [-0.2, 0) is 0 Å². The number of rotatable bonds is 0. The molecule has 3 rings (SSSR count). The van der Waals surface area contributed by atoms with Gasteiger partial charge in [-0.05, 0) is 59.9 Å². The van der Waals surface area contributed by atoms with Crippen molar-refractivity contribution in [2.45, 2.75) is 0 Å². The molecule has 1 heterocycles. The Hall–Kier alpha value is -0.320. The van der Waals surface area contributed by atoms with Crippen molar-refractivity contribution in [3.8, 4) is 0 Å². The average molecular weight is 405 g/mol. The van der Waals surface area contributed by atoms with E-state index in [1.54, 1.807) is 0 Å². The van der Waals surface area contributed by atoms with Crippen LogP contribution in [0, 0.1) is 0 Å². The minimum absolute atomic E-state index is 0.878. The molecular weight excluding hydrogens is 400 g/mol. The van der Waals surface area contributed by atoms with Gasteiger partial charge in [-0.3, -0.25) is 0 Å². The fourth-order valence-electron chi connectivity index (χ4n) is 1.79. The van der Waals surface area contributed by atoms with Crippen LogP contribution in [0.25, 0.3) is 21.9 Å². The molecule has 0 N–H and O–H groups in total. The molecule has 0 amide bonds. The summed E-state index contributed by atoms with van der Waals surface area (Å²) in [6, 6.07) is 10.0. The van der Waals surface area contributed by atoms with Crippen molar-refractivity contribution in [3.63, 3.8) is 0 Å². The Labute approximate surface area is 117 Å². The quantitative estimate of drug-likeness (QED) is 0.427. The van der Waals surface area contributed by atoms with Crippen molar-refractivity contribution in [3.05, 3.63) is 43.7 Å². The van der Waals surface area contributed by atoms with E-state index < -0.39 is 0 Å². The van der Waals surface area contributed by atoms with Gasteiger partial charge >= 0.3 is 0 Å². The first-order valence-electron chi connectivity index (χ1n) is 4.63. The molecule has 0 fully saturated rings. The van der Waals surface area contributed by atoms with Gasteiger partial charge in [0.1, 0.15) is 11.2 Å². The first-order valence-corrected chi connectivity index (χ1v) is 7.01. The molecule has 0 bridgehead atoms. The molecule has 0 unspecified atom stereocenters. The highest BCUT2D eigenvalue weighted by molar-refractivity contribution is 9.14. The number of para-hydroxylation sites is 1. The van der Waals surface area contributed by atoms with Crippen LogP contribution >= 0.6 is 47.8 Å². The van der Waals surface area contributed by atoms with Crippen molar-refractivity contribution in [2.75, 3.05) is 0 Å². The molecule has 1 aromatic heterocycles. The normalized spacial score (nSPS) is 11.4. The molecular formula is C12H5Br3O. The Morgan fingerprint density at radius 3 is 2.44 bits per heavy atom. The number of furan rings is 1. The maximum Gasteiger partial charge on any atom is 0.137 e. The highest BCUT2D eigenvalue weighted by atomic mass is 79.9. The van der Waals surface area contributed by atoms with Crippen LogP contribution < -0.4 is 0 Å². The molecule has 4 heteroatoms. The lowest BCUT2D eigenvalue weighted by Gasteiger charge is -2.00. The van der Waals surface area contributed by atoms with Crippen molar-refractivity contribution in [2.24, 2.45) is 0 Å². The van der Waals surface area contributed by atoms with Gasteiger partial charge in [-0.1, -0.05) is 18.2 Å². The van der Waals surface area contributed by atoms with Gasteiger partial charge in [0.2, 0.25) is 0 Å². The number of benzene rings is 2. The maximum atomic E-state index is 5.79. The fourth-order valence-corrected chi connectivity index (χ4v) is 3.39. The second kappa shape index (κ2) is 3.86. The van der Waals surface area contributed by atoms with Gasteiger partial charge in [-0.2, -0.15) is 0 Å². The maximum absolute atomic E-state index is 5.79. The van der Waals surface area contributed by atoms with Crippen LogP contribution in [0.2, 0.25) is 0 Å². The van der Waals surface area contributed by atoms with E-state index >= 15 is 0 Å². The lowest BCUT2D eigenvalue weighted by Crippen LogP contribution is -1.75. The van der Waals surface area contributed by atoms with Gasteiger partial charge in [0.25, 0.3) is 0 Å². The largest absolute Gasteiger partial charge is 0.456 e. The Bertz CT molecular complexity index is 700. The number of fused-ring (bicyclic) bond motifs is 3. The van der Waals surface area contributed by atoms with Gasteiger partial charge in [-0.15, -0.1) is 0 Å². The first-order chi connectivity index (χ1) is 7.68. The molecule has 0 saturated carbocycles. The van der Waals surface area contributed by atoms with Crippen LogP contribution in [0.1, 0.15) is 0 Å². The third-order valence-electron chi connectivity index (χ3n) is 2.50. The Morgan fingerprint density at radius 2 is 1.62 bits per heavy atom. The van der Waals surface area contributed by atoms with Crippen molar-refractivity contribution < 1.29 is 4.42 Å². The predicted octanol–water partition coefficient (Wildman–Crippen LogP) is 5.87. The lowest BCUT2D eigenvalue weighted by atomic mass is 10.1. The third kappa shape index (κ3) is 1.47. The van der Waals surface area contributed by atoms with E-state index in [9.17, 15) is 0 Å². The molecule has 0 atom stereocenters. The SMILES string of the molecule is Brc1cc2oc3ccccc3c2c(Br)c1Br. The molecule has 0 radical (unpaired) electrons. The second-order valence-electron chi connectivity index (χ2n) is 3.46. The fraction of sp³-hybridized carbons (Fsp3) is 0. The van der Waals surface area contributed by atoms with E-state index in [4.69, 9.17) is 4.42 Å². The highest BCUT2D eigenvalue weighted by Gasteiger charge is 2.14. The van der Waals surface area contributed by atoms with Gasteiger partial charge in [0.05, 0.1) is 0 Å². The summed E-state index contributed by atoms with van der Waals surface area (Å²) in [5.41, 5.74) is 1.78. The van der Waals surface area contributed by atoms with Crippen molar-refractivity contribution in [1.82, 2.24) is 0 Å². The summed E-state index contributed by atoms with van der Waals surface area (Å²) < 4.78 is 8.79. The number of hydrogen-bond acceptors (Lipinski definition) is 1. The highest BCUT2D eigenvalue weighted by Crippen LogP contribution is 2.41. The molecule has 80 valence electrons. The van der Waals surface area contributed by atoms with E-state index in [1.165, 1.54) is 0 Å². The monoisotopic (exact) mass is 402 g/mol. The minimum Gasteiger partial charge on any atom is -0.456 e. The molecule has 0 spiro atoms. The average Bonchev–Trinajstić information content (AvgIpc) is 2.64. The van der Waals surface area contributed by atoms with Crippen LogP contribution in [0.15, 0.2) is 48.2 Å². The molecule has 3 aromatic rings. The third-order valence-corrected chi connectivity index (χ3v) is 5.81. The summed E-state index contributed by atoms with van der Waals surface area (Å²) in [6.07, 6.45) is 0. The molecule has 0 aliphatic rings. The zero-order valence-corrected chi connectivity index (χ0v) is 12.7. The van der Waals surface area contributed by atoms with Crippen LogP contribution in [0.3, 0.4) is 0 Å². The predicted molar refractivity (Wildman–Crippen MR) is 76.8 cm³/mol. The van der Waals surface area contributed by atoms with Gasteiger partial charge < -0.3 is 4.42 Å². The van der Waals surface area contributed by atoms with Gasteiger partial charge in [0, 0.05) is 24.2 Å². The zero-order chi connectivity index (χ0) is 11.3. The zero-order valence-electron chi connectivity index (χ0n) is 7.93. The molecule has 1 nitrogen and oxygen atoms in total. The smallest absolute Gasteiger partial charge is 0.137 e. The van der Waals surface area contributed by atoms with E-state index in [2.05, 4.69) is 53.9 Å². The van der Waals surface area contributed by atoms with E-state index in [0.29, 0.717) is 0 Å². The molecule has 0 aliphatic heterocycles. The van der Waals surface area contributed by atoms with Crippen LogP contribution in [0.4, 0.5) is 0 Å². The summed E-state index contributed by atoms with van der Waals surface area (Å²) >= 11 is 10.6. The van der Waals surface area contributed by atoms with E-state index in [0.717, 1.165) is 35.4 Å². The first kappa shape index (κ1) is 10.8. The summed E-state index contributed by atoms with van der Waals surface area (Å²) in [6.45, 7) is 0. The Morgan fingerprint density at radius 1 is 0.875 bits per heavy atom. The summed E-state index contributed by atoms with van der Waals surface area (Å²) in [4.78, 5) is 0. The molecule has 0 aliphatic carbocycles. The topological polar surface area (TPSA) is 13.1 Å². The number of hydrogen-bond donors (Lipinski definition) is 0. The lowest BCUT2D eigenvalue weighted by molar-refractivity contribution is 0.668. The Kier molecular flexibility index (Phi) is 2.61. The summed E-state index contributed by atoms with van der Waals surface area (Å²) in [5, 5.41) is 2.23. The minimum atomic E-state index is 0.878. The molecule has 16 heavy (non-hydrogen) atoms. The van der Waals surface area contributed by atoms with Crippen molar-refractivity contribution >= 4 is 69.7 Å². The van der Waals surface area contributed by atoms with Gasteiger partial charge in [-0.25, -0.2) is 0 Å². The summed E-state index contributed by atoms with van der Waals surface area (Å²) in [5.74, 6) is 0. The summed E-state index contributed by atoms with van der Waals surface area (Å²) in [7, 11) is 0. The second-order valence-corrected chi connectivity index (χ2v) is 5.90. The van der Waals surface area contributed by atoms with Gasteiger partial charge in [0.15, 0.2) is 0 Å².